The van der Waals surface area contributed by atoms with Crippen LogP contribution in [0.15, 0.2) is 151 Å². The van der Waals surface area contributed by atoms with E-state index in [2.05, 4.69) is 48.5 Å². The van der Waals surface area contributed by atoms with E-state index >= 15 is 0 Å². The number of hydrogen-bond acceptors (Lipinski definition) is 10. The quantitative estimate of drug-likeness (QED) is 0.0893. The number of ether oxygens (including phenoxy) is 2. The average molecular weight is 741 g/mol. The van der Waals surface area contributed by atoms with Crippen LogP contribution in [0.3, 0.4) is 0 Å². The lowest BCUT2D eigenvalue weighted by atomic mass is 10.2. The first-order valence-electron chi connectivity index (χ1n) is 16.6. The molecule has 6 nitrogen and oxygen atoms in total. The molecule has 0 saturated carbocycles. The molecule has 4 heterocycles. The van der Waals surface area contributed by atoms with Crippen LogP contribution in [-0.4, -0.2) is 38.2 Å². The Kier molecular flexibility index (Phi) is 10.2. The molecular weight excluding hydrogens is 709 g/mol. The van der Waals surface area contributed by atoms with Crippen LogP contribution in [0.4, 0.5) is 0 Å². The van der Waals surface area contributed by atoms with Crippen LogP contribution in [-0.2, 0) is 0 Å². The minimum atomic E-state index is 0.568. The van der Waals surface area contributed by atoms with E-state index in [0.717, 1.165) is 89.6 Å². The van der Waals surface area contributed by atoms with Gasteiger partial charge in [0.25, 0.3) is 0 Å². The van der Waals surface area contributed by atoms with Crippen molar-refractivity contribution in [1.82, 2.24) is 19.9 Å². The second-order valence-electron chi connectivity index (χ2n) is 11.4. The van der Waals surface area contributed by atoms with Gasteiger partial charge in [-0.2, -0.15) is 0 Å². The number of fused-ring (bicyclic) bond motifs is 4. The number of benzene rings is 4. The van der Waals surface area contributed by atoms with Crippen LogP contribution < -0.4 is 9.47 Å². The Morgan fingerprint density at radius 1 is 0.431 bits per heavy atom. The van der Waals surface area contributed by atoms with Gasteiger partial charge in [0.15, 0.2) is 0 Å². The highest BCUT2D eigenvalue weighted by atomic mass is 32.2. The SMILES string of the molecule is CCOc1c(Sc2c(SCSc3cnc4ccccc4c3Sc3cnc4ccccc4c3OCC)cnc3ccccc23)cnc2ccccc12. The summed E-state index contributed by atoms with van der Waals surface area (Å²) in [5, 5.41) is 4.97. The van der Waals surface area contributed by atoms with Gasteiger partial charge in [-0.15, -0.1) is 23.5 Å². The summed E-state index contributed by atoms with van der Waals surface area (Å²) in [5.74, 6) is 1.72. The van der Waals surface area contributed by atoms with Crippen molar-refractivity contribution in [2.75, 3.05) is 18.3 Å². The van der Waals surface area contributed by atoms with E-state index in [0.29, 0.717) is 13.2 Å². The van der Waals surface area contributed by atoms with E-state index in [1.165, 1.54) is 0 Å². The Morgan fingerprint density at radius 2 is 0.765 bits per heavy atom. The Hall–Kier alpha value is -4.48. The molecule has 10 heteroatoms. The van der Waals surface area contributed by atoms with Crippen molar-refractivity contribution in [3.05, 3.63) is 122 Å². The summed E-state index contributed by atoms with van der Waals surface area (Å²) >= 11 is 6.93. The Bertz CT molecular complexity index is 2360. The molecule has 0 N–H and O–H groups in total. The molecule has 0 aliphatic carbocycles. The third kappa shape index (κ3) is 6.93. The summed E-state index contributed by atoms with van der Waals surface area (Å²) in [6.45, 7) is 5.18. The van der Waals surface area contributed by atoms with Crippen molar-refractivity contribution in [2.24, 2.45) is 0 Å². The predicted molar refractivity (Wildman–Crippen MR) is 214 cm³/mol. The number of para-hydroxylation sites is 4. The Balaban J connectivity index is 1.13. The number of nitrogens with zero attached hydrogens (tertiary/aromatic N) is 4. The van der Waals surface area contributed by atoms with Crippen molar-refractivity contribution >= 4 is 90.7 Å². The summed E-state index contributed by atoms with van der Waals surface area (Å²) in [5.41, 5.74) is 3.74. The van der Waals surface area contributed by atoms with Gasteiger partial charge >= 0.3 is 0 Å². The standard InChI is InChI=1S/C41H32N4O2S4/c1-3-46-38-26-13-5-9-17-30(26)42-21-34(38)50-40-28-15-7-11-19-32(28)44-23-36(40)48-25-49-37-24-45-33-20-12-8-16-29(33)41(37)51-35-22-43-31-18-10-6-14-27(31)39(35)47-4-2/h5-24H,3-4,25H2,1-2H3. The fraction of sp³-hybridized carbons (Fsp3) is 0.122. The van der Waals surface area contributed by atoms with Gasteiger partial charge < -0.3 is 9.47 Å². The number of aromatic nitrogens is 4. The highest BCUT2D eigenvalue weighted by Gasteiger charge is 2.19. The summed E-state index contributed by atoms with van der Waals surface area (Å²) in [6, 6.07) is 32.9. The fourth-order valence-electron chi connectivity index (χ4n) is 5.92. The van der Waals surface area contributed by atoms with Crippen LogP contribution in [0, 0.1) is 0 Å². The monoisotopic (exact) mass is 740 g/mol. The summed E-state index contributed by atoms with van der Waals surface area (Å²) in [4.78, 5) is 25.7. The molecule has 51 heavy (non-hydrogen) atoms. The van der Waals surface area contributed by atoms with Crippen molar-refractivity contribution in [3.8, 4) is 11.5 Å². The van der Waals surface area contributed by atoms with Gasteiger partial charge in [0.1, 0.15) is 11.5 Å². The van der Waals surface area contributed by atoms with Crippen molar-refractivity contribution in [1.29, 1.82) is 0 Å². The van der Waals surface area contributed by atoms with Gasteiger partial charge in [0.2, 0.25) is 0 Å². The first-order chi connectivity index (χ1) is 25.2. The summed E-state index contributed by atoms with van der Waals surface area (Å²) in [7, 11) is 0. The third-order valence-electron chi connectivity index (χ3n) is 8.20. The maximum absolute atomic E-state index is 6.25. The van der Waals surface area contributed by atoms with Crippen LogP contribution in [0.5, 0.6) is 11.5 Å². The van der Waals surface area contributed by atoms with E-state index in [1.54, 1.807) is 47.0 Å². The Morgan fingerprint density at radius 3 is 1.16 bits per heavy atom. The average Bonchev–Trinajstić information content (AvgIpc) is 3.18. The maximum Gasteiger partial charge on any atom is 0.144 e. The lowest BCUT2D eigenvalue weighted by Crippen LogP contribution is -1.97. The highest BCUT2D eigenvalue weighted by Crippen LogP contribution is 2.48. The molecule has 0 fully saturated rings. The van der Waals surface area contributed by atoms with E-state index < -0.39 is 0 Å². The lowest BCUT2D eigenvalue weighted by molar-refractivity contribution is 0.336. The van der Waals surface area contributed by atoms with Crippen LogP contribution in [0.1, 0.15) is 13.8 Å². The maximum atomic E-state index is 6.25. The number of pyridine rings is 4. The molecular formula is C41H32N4O2S4. The zero-order chi connectivity index (χ0) is 34.6. The molecule has 0 aliphatic rings. The molecule has 4 aromatic carbocycles. The van der Waals surface area contributed by atoms with Crippen molar-refractivity contribution in [2.45, 2.75) is 43.2 Å². The zero-order valence-corrected chi connectivity index (χ0v) is 31.2. The second kappa shape index (κ2) is 15.4. The van der Waals surface area contributed by atoms with Gasteiger partial charge in [0.05, 0.1) is 45.1 Å². The molecule has 4 aromatic heterocycles. The molecule has 0 saturated heterocycles. The molecule has 0 unspecified atom stereocenters. The Labute approximate surface area is 313 Å². The fourth-order valence-corrected chi connectivity index (χ4v) is 10.6. The molecule has 0 spiro atoms. The topological polar surface area (TPSA) is 70.0 Å². The molecule has 0 aliphatic heterocycles. The molecule has 0 atom stereocenters. The second-order valence-corrected chi connectivity index (χ2v) is 15.9. The van der Waals surface area contributed by atoms with E-state index in [1.807, 2.05) is 87.2 Å². The largest absolute Gasteiger partial charge is 0.492 e. The number of rotatable bonds is 12. The number of hydrogen-bond donors (Lipinski definition) is 0. The van der Waals surface area contributed by atoms with Gasteiger partial charge in [-0.3, -0.25) is 19.9 Å². The van der Waals surface area contributed by atoms with Gasteiger partial charge in [-0.25, -0.2) is 0 Å². The van der Waals surface area contributed by atoms with Crippen LogP contribution in [0.25, 0.3) is 43.6 Å². The highest BCUT2D eigenvalue weighted by molar-refractivity contribution is 8.16. The molecule has 0 bridgehead atoms. The van der Waals surface area contributed by atoms with Crippen LogP contribution >= 0.6 is 47.0 Å². The predicted octanol–water partition coefficient (Wildman–Crippen LogP) is 11.8. The number of thioether (sulfide) groups is 2. The minimum Gasteiger partial charge on any atom is -0.492 e. The van der Waals surface area contributed by atoms with Gasteiger partial charge in [0, 0.05) is 71.0 Å². The normalized spacial score (nSPS) is 11.5. The lowest BCUT2D eigenvalue weighted by Gasteiger charge is -2.17. The molecule has 8 rings (SSSR count). The van der Waals surface area contributed by atoms with Crippen LogP contribution in [0.2, 0.25) is 0 Å². The minimum absolute atomic E-state index is 0.568. The summed E-state index contributed by atoms with van der Waals surface area (Å²) < 4.78 is 12.5. The van der Waals surface area contributed by atoms with E-state index in [4.69, 9.17) is 29.4 Å². The first kappa shape index (κ1) is 33.7. The van der Waals surface area contributed by atoms with Crippen molar-refractivity contribution in [3.63, 3.8) is 0 Å². The smallest absolute Gasteiger partial charge is 0.144 e. The summed E-state index contributed by atoms with van der Waals surface area (Å²) in [6.07, 6.45) is 7.85. The van der Waals surface area contributed by atoms with E-state index in [9.17, 15) is 0 Å². The first-order valence-corrected chi connectivity index (χ1v) is 20.2. The van der Waals surface area contributed by atoms with Crippen molar-refractivity contribution < 1.29 is 9.47 Å². The van der Waals surface area contributed by atoms with Gasteiger partial charge in [-0.1, -0.05) is 84.2 Å². The van der Waals surface area contributed by atoms with Gasteiger partial charge in [-0.05, 0) is 50.2 Å². The molecule has 0 radical (unpaired) electrons. The van der Waals surface area contributed by atoms with E-state index in [-0.39, 0.29) is 0 Å². The third-order valence-corrected chi connectivity index (χ3v) is 13.0. The molecule has 0 amide bonds. The zero-order valence-electron chi connectivity index (χ0n) is 27.9. The molecule has 8 aromatic rings. The molecule has 252 valence electrons.